The van der Waals surface area contributed by atoms with Crippen molar-refractivity contribution in [3.8, 4) is 0 Å². The van der Waals surface area contributed by atoms with Gasteiger partial charge in [-0.2, -0.15) is 0 Å². The smallest absolute Gasteiger partial charge is 0.244 e. The van der Waals surface area contributed by atoms with Gasteiger partial charge in [-0.1, -0.05) is 19.9 Å². The molecule has 1 heterocycles. The summed E-state index contributed by atoms with van der Waals surface area (Å²) in [6.45, 7) is 5.40. The number of hydrogen-bond donors (Lipinski definition) is 1. The highest BCUT2D eigenvalue weighted by Crippen LogP contribution is 2.39. The summed E-state index contributed by atoms with van der Waals surface area (Å²) in [6, 6.07) is 7.43. The molecule has 0 aliphatic carbocycles. The topological polar surface area (TPSA) is 66.5 Å². The Bertz CT molecular complexity index is 644. The number of amides is 3. The molecule has 23 heavy (non-hydrogen) atoms. The van der Waals surface area contributed by atoms with Gasteiger partial charge in [-0.15, -0.1) is 11.8 Å². The normalized spacial score (nSPS) is 21.2. The summed E-state index contributed by atoms with van der Waals surface area (Å²) >= 11 is 1.58. The maximum absolute atomic E-state index is 12.5. The van der Waals surface area contributed by atoms with Crippen LogP contribution in [0.25, 0.3) is 0 Å². The zero-order valence-electron chi connectivity index (χ0n) is 13.9. The zero-order chi connectivity index (χ0) is 17.2. The van der Waals surface area contributed by atoms with Crippen molar-refractivity contribution < 1.29 is 14.4 Å². The minimum Gasteiger partial charge on any atom is -0.324 e. The van der Waals surface area contributed by atoms with E-state index < -0.39 is 5.41 Å². The molecule has 3 amide bonds. The number of imide groups is 1. The van der Waals surface area contributed by atoms with E-state index in [2.05, 4.69) is 5.32 Å². The molecular formula is C17H22N2O3S. The molecule has 0 unspecified atom stereocenters. The van der Waals surface area contributed by atoms with Crippen LogP contribution in [0.15, 0.2) is 29.2 Å². The van der Waals surface area contributed by atoms with Crippen LogP contribution < -0.4 is 5.32 Å². The first-order valence-electron chi connectivity index (χ1n) is 7.56. The van der Waals surface area contributed by atoms with Crippen LogP contribution in [0.1, 0.15) is 27.2 Å². The highest BCUT2D eigenvalue weighted by atomic mass is 32.2. The van der Waals surface area contributed by atoms with Crippen molar-refractivity contribution in [1.82, 2.24) is 4.90 Å². The molecule has 1 aliphatic heterocycles. The van der Waals surface area contributed by atoms with Crippen LogP contribution in [0.4, 0.5) is 5.69 Å². The van der Waals surface area contributed by atoms with Crippen molar-refractivity contribution in [3.63, 3.8) is 0 Å². The highest BCUT2D eigenvalue weighted by Gasteiger charge is 2.50. The lowest BCUT2D eigenvalue weighted by Crippen LogP contribution is -2.41. The van der Waals surface area contributed by atoms with Gasteiger partial charge in [0.2, 0.25) is 17.7 Å². The summed E-state index contributed by atoms with van der Waals surface area (Å²) in [6.07, 6.45) is 2.12. The van der Waals surface area contributed by atoms with E-state index in [0.717, 1.165) is 9.80 Å². The Morgan fingerprint density at radius 1 is 1.39 bits per heavy atom. The maximum atomic E-state index is 12.5. The van der Waals surface area contributed by atoms with Gasteiger partial charge in [-0.25, -0.2) is 0 Å². The minimum atomic E-state index is -0.712. The van der Waals surface area contributed by atoms with Crippen molar-refractivity contribution >= 4 is 35.2 Å². The number of carbonyl (C=O) groups is 3. The Hall–Kier alpha value is -1.82. The molecule has 2 rings (SSSR count). The summed E-state index contributed by atoms with van der Waals surface area (Å²) in [5.74, 6) is -0.854. The molecule has 0 aromatic heterocycles. The second kappa shape index (κ2) is 6.74. The van der Waals surface area contributed by atoms with Gasteiger partial charge in [0, 0.05) is 17.0 Å². The number of nitrogens with zero attached hydrogens (tertiary/aromatic N) is 1. The molecule has 1 fully saturated rings. The number of benzene rings is 1. The number of anilines is 1. The fourth-order valence-corrected chi connectivity index (χ4v) is 3.02. The van der Waals surface area contributed by atoms with Crippen molar-refractivity contribution in [3.05, 3.63) is 24.3 Å². The molecule has 0 spiro atoms. The Morgan fingerprint density at radius 2 is 2.09 bits per heavy atom. The van der Waals surface area contributed by atoms with Crippen LogP contribution in [0.2, 0.25) is 0 Å². The van der Waals surface area contributed by atoms with E-state index in [1.165, 1.54) is 0 Å². The number of likely N-dealkylation sites (tertiary alicyclic amines) is 1. The van der Waals surface area contributed by atoms with Gasteiger partial charge < -0.3 is 5.32 Å². The number of hydrogen-bond acceptors (Lipinski definition) is 4. The zero-order valence-corrected chi connectivity index (χ0v) is 14.7. The van der Waals surface area contributed by atoms with Gasteiger partial charge in [0.15, 0.2) is 0 Å². The number of carbonyl (C=O) groups excluding carboxylic acids is 3. The average molecular weight is 334 g/mol. The summed E-state index contributed by atoms with van der Waals surface area (Å²) in [4.78, 5) is 38.9. The van der Waals surface area contributed by atoms with Crippen molar-refractivity contribution in [2.75, 3.05) is 18.1 Å². The summed E-state index contributed by atoms with van der Waals surface area (Å²) in [5, 5.41) is 2.74. The molecule has 6 heteroatoms. The third kappa shape index (κ3) is 3.58. The van der Waals surface area contributed by atoms with Crippen LogP contribution in [-0.4, -0.2) is 35.4 Å². The Morgan fingerprint density at radius 3 is 2.65 bits per heavy atom. The number of rotatable bonds is 5. The van der Waals surface area contributed by atoms with Crippen molar-refractivity contribution in [1.29, 1.82) is 0 Å². The van der Waals surface area contributed by atoms with E-state index in [0.29, 0.717) is 5.69 Å². The van der Waals surface area contributed by atoms with Crippen LogP contribution in [0.5, 0.6) is 0 Å². The highest BCUT2D eigenvalue weighted by molar-refractivity contribution is 7.98. The molecular weight excluding hydrogens is 312 g/mol. The molecule has 0 radical (unpaired) electrons. The molecule has 0 bridgehead atoms. The molecule has 0 saturated carbocycles. The quantitative estimate of drug-likeness (QED) is 0.664. The van der Waals surface area contributed by atoms with E-state index in [9.17, 15) is 14.4 Å². The average Bonchev–Trinajstić information content (AvgIpc) is 2.72. The molecule has 1 N–H and O–H groups in total. The fourth-order valence-electron chi connectivity index (χ4n) is 2.56. The molecule has 1 aromatic carbocycles. The lowest BCUT2D eigenvalue weighted by molar-refractivity contribution is -0.144. The predicted molar refractivity (Wildman–Crippen MR) is 91.1 cm³/mol. The molecule has 5 nitrogen and oxygen atoms in total. The SMILES string of the molecule is CSc1cccc(NC(=O)CN2C(=O)C[C@](C)(C(C)C)C2=O)c1. The predicted octanol–water partition coefficient (Wildman–Crippen LogP) is 2.77. The lowest BCUT2D eigenvalue weighted by Gasteiger charge is -2.25. The summed E-state index contributed by atoms with van der Waals surface area (Å²) in [7, 11) is 0. The first kappa shape index (κ1) is 17.5. The summed E-state index contributed by atoms with van der Waals surface area (Å²) < 4.78 is 0. The van der Waals surface area contributed by atoms with Gasteiger partial charge >= 0.3 is 0 Å². The summed E-state index contributed by atoms with van der Waals surface area (Å²) in [5.41, 5.74) is -0.0524. The van der Waals surface area contributed by atoms with Gasteiger partial charge in [0.1, 0.15) is 6.54 Å². The lowest BCUT2D eigenvalue weighted by atomic mass is 9.78. The second-order valence-corrected chi connectivity index (χ2v) is 7.19. The first-order valence-corrected chi connectivity index (χ1v) is 8.79. The van der Waals surface area contributed by atoms with Gasteiger partial charge in [0.25, 0.3) is 0 Å². The van der Waals surface area contributed by atoms with Crippen molar-refractivity contribution in [2.45, 2.75) is 32.1 Å². The Balaban J connectivity index is 2.05. The molecule has 124 valence electrons. The number of thioether (sulfide) groups is 1. The molecule has 1 atom stereocenters. The minimum absolute atomic E-state index is 0.0465. The van der Waals surface area contributed by atoms with E-state index in [1.54, 1.807) is 24.8 Å². The largest absolute Gasteiger partial charge is 0.324 e. The van der Waals surface area contributed by atoms with Gasteiger partial charge in [-0.3, -0.25) is 19.3 Å². The molecule has 1 aromatic rings. The molecule has 1 saturated heterocycles. The van der Waals surface area contributed by atoms with Crippen LogP contribution in [-0.2, 0) is 14.4 Å². The van der Waals surface area contributed by atoms with Crippen LogP contribution in [0, 0.1) is 11.3 Å². The third-order valence-electron chi connectivity index (χ3n) is 4.48. The third-order valence-corrected chi connectivity index (χ3v) is 5.21. The van der Waals surface area contributed by atoms with E-state index in [4.69, 9.17) is 0 Å². The van der Waals surface area contributed by atoms with E-state index in [1.807, 2.05) is 38.3 Å². The molecule has 1 aliphatic rings. The Labute approximate surface area is 140 Å². The number of nitrogens with one attached hydrogen (secondary N) is 1. The second-order valence-electron chi connectivity index (χ2n) is 6.31. The van der Waals surface area contributed by atoms with E-state index in [-0.39, 0.29) is 36.6 Å². The van der Waals surface area contributed by atoms with Crippen molar-refractivity contribution in [2.24, 2.45) is 11.3 Å². The monoisotopic (exact) mass is 334 g/mol. The van der Waals surface area contributed by atoms with Crippen LogP contribution >= 0.6 is 11.8 Å². The fraction of sp³-hybridized carbons (Fsp3) is 0.471. The van der Waals surface area contributed by atoms with Gasteiger partial charge in [-0.05, 0) is 37.3 Å². The standard InChI is InChI=1S/C17H22N2O3S/c1-11(2)17(3)9-15(21)19(16(17)22)10-14(20)18-12-6-5-7-13(8-12)23-4/h5-8,11H,9-10H2,1-4H3,(H,18,20)/t17-/m1/s1. The first-order chi connectivity index (χ1) is 10.8. The van der Waals surface area contributed by atoms with Gasteiger partial charge in [0.05, 0.1) is 5.41 Å². The Kier molecular flexibility index (Phi) is 5.14. The van der Waals surface area contributed by atoms with E-state index >= 15 is 0 Å². The maximum Gasteiger partial charge on any atom is 0.244 e. The van der Waals surface area contributed by atoms with Crippen LogP contribution in [0.3, 0.4) is 0 Å².